The van der Waals surface area contributed by atoms with Crippen LogP contribution in [0.15, 0.2) is 0 Å². The topological polar surface area (TPSA) is 44.4 Å². The highest BCUT2D eigenvalue weighted by Gasteiger charge is 2.30. The number of carbonyl (C=O) groups excluding carboxylic acids is 1. The van der Waals surface area contributed by atoms with Crippen LogP contribution < -0.4 is 10.6 Å². The molecule has 2 aliphatic heterocycles. The van der Waals surface area contributed by atoms with E-state index in [-0.39, 0.29) is 11.9 Å². The normalized spacial score (nSPS) is 38.0. The summed E-state index contributed by atoms with van der Waals surface area (Å²) in [5, 5.41) is 6.39. The van der Waals surface area contributed by atoms with Gasteiger partial charge in [0.25, 0.3) is 0 Å². The third kappa shape index (κ3) is 2.49. The maximum atomic E-state index is 11.6. The number of amides is 1. The first-order valence-electron chi connectivity index (χ1n) is 5.91. The van der Waals surface area contributed by atoms with Gasteiger partial charge in [0, 0.05) is 25.2 Å². The van der Waals surface area contributed by atoms with Crippen LogP contribution in [0.1, 0.15) is 26.2 Å². The molecule has 2 saturated heterocycles. The second kappa shape index (κ2) is 4.49. The third-order valence-electron chi connectivity index (χ3n) is 3.61. The zero-order chi connectivity index (χ0) is 10.8. The van der Waals surface area contributed by atoms with Gasteiger partial charge < -0.3 is 15.5 Å². The molecule has 0 aromatic heterocycles. The van der Waals surface area contributed by atoms with Gasteiger partial charge in [0.05, 0.1) is 6.04 Å². The van der Waals surface area contributed by atoms with E-state index in [4.69, 9.17) is 0 Å². The Morgan fingerprint density at radius 2 is 2.33 bits per heavy atom. The Hall–Kier alpha value is -0.610. The fourth-order valence-corrected chi connectivity index (χ4v) is 2.53. The SMILES string of the molecule is CC1CC(NC2CCCNC2=O)CN1C. The lowest BCUT2D eigenvalue weighted by Crippen LogP contribution is -2.52. The molecule has 4 nitrogen and oxygen atoms in total. The molecule has 3 unspecified atom stereocenters. The van der Waals surface area contributed by atoms with Gasteiger partial charge in [-0.15, -0.1) is 0 Å². The quantitative estimate of drug-likeness (QED) is 0.673. The summed E-state index contributed by atoms with van der Waals surface area (Å²) in [5.74, 6) is 0.184. The first-order valence-corrected chi connectivity index (χ1v) is 5.91. The average Bonchev–Trinajstić information content (AvgIpc) is 2.50. The first kappa shape index (κ1) is 10.9. The summed E-state index contributed by atoms with van der Waals surface area (Å²) in [6.45, 7) is 4.14. The summed E-state index contributed by atoms with van der Waals surface area (Å²) in [4.78, 5) is 13.9. The molecule has 2 aliphatic rings. The van der Waals surface area contributed by atoms with E-state index in [0.29, 0.717) is 12.1 Å². The highest BCUT2D eigenvalue weighted by molar-refractivity contribution is 5.82. The minimum atomic E-state index is 0.0439. The maximum absolute atomic E-state index is 11.6. The Morgan fingerprint density at radius 3 is 2.93 bits per heavy atom. The van der Waals surface area contributed by atoms with Gasteiger partial charge in [0.2, 0.25) is 5.91 Å². The van der Waals surface area contributed by atoms with Crippen molar-refractivity contribution in [1.82, 2.24) is 15.5 Å². The van der Waals surface area contributed by atoms with Crippen molar-refractivity contribution in [3.05, 3.63) is 0 Å². The summed E-state index contributed by atoms with van der Waals surface area (Å²) in [6, 6.07) is 1.16. The summed E-state index contributed by atoms with van der Waals surface area (Å²) in [6.07, 6.45) is 3.24. The van der Waals surface area contributed by atoms with Crippen molar-refractivity contribution < 1.29 is 4.79 Å². The molecule has 86 valence electrons. The molecule has 0 spiro atoms. The van der Waals surface area contributed by atoms with Crippen LogP contribution in [0.4, 0.5) is 0 Å². The van der Waals surface area contributed by atoms with Gasteiger partial charge in [0.1, 0.15) is 0 Å². The van der Waals surface area contributed by atoms with Crippen molar-refractivity contribution in [2.45, 2.75) is 44.3 Å². The van der Waals surface area contributed by atoms with Crippen LogP contribution in [-0.4, -0.2) is 49.1 Å². The average molecular weight is 211 g/mol. The molecule has 4 heteroatoms. The predicted molar refractivity (Wildman–Crippen MR) is 59.7 cm³/mol. The molecule has 3 atom stereocenters. The van der Waals surface area contributed by atoms with E-state index in [1.165, 1.54) is 0 Å². The van der Waals surface area contributed by atoms with Crippen LogP contribution in [-0.2, 0) is 4.79 Å². The molecular formula is C11H21N3O. The van der Waals surface area contributed by atoms with Crippen molar-refractivity contribution in [3.8, 4) is 0 Å². The monoisotopic (exact) mass is 211 g/mol. The van der Waals surface area contributed by atoms with Gasteiger partial charge >= 0.3 is 0 Å². The van der Waals surface area contributed by atoms with E-state index in [1.54, 1.807) is 0 Å². The van der Waals surface area contributed by atoms with Gasteiger partial charge in [0.15, 0.2) is 0 Å². The smallest absolute Gasteiger partial charge is 0.237 e. The number of likely N-dealkylation sites (N-methyl/N-ethyl adjacent to an activating group) is 1. The van der Waals surface area contributed by atoms with Crippen molar-refractivity contribution >= 4 is 5.91 Å². The maximum Gasteiger partial charge on any atom is 0.237 e. The number of hydrogen-bond donors (Lipinski definition) is 2. The molecule has 0 radical (unpaired) electrons. The van der Waals surface area contributed by atoms with E-state index < -0.39 is 0 Å². The van der Waals surface area contributed by atoms with Gasteiger partial charge in [-0.05, 0) is 33.2 Å². The number of rotatable bonds is 2. The molecule has 1 amide bonds. The zero-order valence-corrected chi connectivity index (χ0v) is 9.62. The Kier molecular flexibility index (Phi) is 3.26. The van der Waals surface area contributed by atoms with Crippen LogP contribution in [0.5, 0.6) is 0 Å². The van der Waals surface area contributed by atoms with Crippen molar-refractivity contribution in [2.75, 3.05) is 20.1 Å². The van der Waals surface area contributed by atoms with Crippen LogP contribution >= 0.6 is 0 Å². The lowest BCUT2D eigenvalue weighted by Gasteiger charge is -2.25. The fourth-order valence-electron chi connectivity index (χ4n) is 2.53. The van der Waals surface area contributed by atoms with E-state index in [0.717, 1.165) is 32.4 Å². The molecular weight excluding hydrogens is 190 g/mol. The number of likely N-dealkylation sites (tertiary alicyclic amines) is 1. The molecule has 15 heavy (non-hydrogen) atoms. The Labute approximate surface area is 91.4 Å². The van der Waals surface area contributed by atoms with E-state index in [2.05, 4.69) is 29.5 Å². The number of nitrogens with one attached hydrogen (secondary N) is 2. The molecule has 0 aliphatic carbocycles. The van der Waals surface area contributed by atoms with Crippen molar-refractivity contribution in [3.63, 3.8) is 0 Å². The summed E-state index contributed by atoms with van der Waals surface area (Å²) in [5.41, 5.74) is 0. The van der Waals surface area contributed by atoms with E-state index in [9.17, 15) is 4.79 Å². The minimum absolute atomic E-state index is 0.0439. The van der Waals surface area contributed by atoms with Crippen LogP contribution in [0, 0.1) is 0 Å². The predicted octanol–water partition coefficient (Wildman–Crippen LogP) is -0.0528. The number of nitrogens with zero attached hydrogens (tertiary/aromatic N) is 1. The minimum Gasteiger partial charge on any atom is -0.355 e. The van der Waals surface area contributed by atoms with Crippen molar-refractivity contribution in [1.29, 1.82) is 0 Å². The summed E-state index contributed by atoms with van der Waals surface area (Å²) >= 11 is 0. The van der Waals surface area contributed by atoms with Crippen LogP contribution in [0.3, 0.4) is 0 Å². The zero-order valence-electron chi connectivity index (χ0n) is 9.62. The van der Waals surface area contributed by atoms with Gasteiger partial charge in [-0.3, -0.25) is 4.79 Å². The van der Waals surface area contributed by atoms with E-state index >= 15 is 0 Å². The number of piperidine rings is 1. The molecule has 2 heterocycles. The Morgan fingerprint density at radius 1 is 1.53 bits per heavy atom. The number of carbonyl (C=O) groups is 1. The highest BCUT2D eigenvalue weighted by Crippen LogP contribution is 2.16. The summed E-state index contributed by atoms with van der Waals surface area (Å²) in [7, 11) is 2.15. The standard InChI is InChI=1S/C11H21N3O/c1-8-6-9(7-14(8)2)13-10-4-3-5-12-11(10)15/h8-10,13H,3-7H2,1-2H3,(H,12,15). The van der Waals surface area contributed by atoms with Gasteiger partial charge in [-0.1, -0.05) is 0 Å². The molecule has 0 aromatic rings. The lowest BCUT2D eigenvalue weighted by atomic mass is 10.0. The fraction of sp³-hybridized carbons (Fsp3) is 0.909. The molecule has 0 saturated carbocycles. The third-order valence-corrected chi connectivity index (χ3v) is 3.61. The Balaban J connectivity index is 1.84. The van der Waals surface area contributed by atoms with E-state index in [1.807, 2.05) is 0 Å². The molecule has 2 rings (SSSR count). The first-order chi connectivity index (χ1) is 7.16. The number of hydrogen-bond acceptors (Lipinski definition) is 3. The second-order valence-corrected chi connectivity index (χ2v) is 4.87. The second-order valence-electron chi connectivity index (χ2n) is 4.87. The molecule has 0 bridgehead atoms. The van der Waals surface area contributed by atoms with Crippen LogP contribution in [0.2, 0.25) is 0 Å². The summed E-state index contributed by atoms with van der Waals surface area (Å²) < 4.78 is 0. The molecule has 2 N–H and O–H groups in total. The van der Waals surface area contributed by atoms with Crippen molar-refractivity contribution in [2.24, 2.45) is 0 Å². The molecule has 2 fully saturated rings. The Bertz CT molecular complexity index is 234. The lowest BCUT2D eigenvalue weighted by molar-refractivity contribution is -0.124. The highest BCUT2D eigenvalue weighted by atomic mass is 16.2. The van der Waals surface area contributed by atoms with Gasteiger partial charge in [-0.2, -0.15) is 0 Å². The van der Waals surface area contributed by atoms with Gasteiger partial charge in [-0.25, -0.2) is 0 Å². The molecule has 0 aromatic carbocycles. The largest absolute Gasteiger partial charge is 0.355 e. The van der Waals surface area contributed by atoms with Crippen LogP contribution in [0.25, 0.3) is 0 Å².